The molecule has 2 aromatic carbocycles. The molecule has 1 aliphatic rings. The minimum Gasteiger partial charge on any atom is -0.293 e. The number of halogens is 1. The van der Waals surface area contributed by atoms with Crippen molar-refractivity contribution < 1.29 is 9.18 Å². The summed E-state index contributed by atoms with van der Waals surface area (Å²) >= 11 is 1.54. The Hall–Kier alpha value is -1.61. The molecule has 0 fully saturated rings. The van der Waals surface area contributed by atoms with E-state index in [-0.39, 0.29) is 16.6 Å². The minimum absolute atomic E-state index is 0.0961. The molecule has 1 nitrogen and oxygen atoms in total. The molecule has 0 bridgehead atoms. The van der Waals surface area contributed by atoms with Gasteiger partial charge in [-0.15, -0.1) is 11.8 Å². The van der Waals surface area contributed by atoms with Crippen LogP contribution in [0.2, 0.25) is 0 Å². The lowest BCUT2D eigenvalue weighted by molar-refractivity contribution is 0.0985. The second kappa shape index (κ2) is 5.06. The predicted octanol–water partition coefficient (Wildman–Crippen LogP) is 4.34. The summed E-state index contributed by atoms with van der Waals surface area (Å²) in [6, 6.07) is 11.3. The number of rotatable bonds is 2. The Bertz CT molecular complexity index is 645. The van der Waals surface area contributed by atoms with Gasteiger partial charge < -0.3 is 0 Å². The van der Waals surface area contributed by atoms with E-state index in [4.69, 9.17) is 0 Å². The standard InChI is InChI=1S/C17H15FOS/c1-10-7-11(2)16(13(18)8-10)17(19)15-9-12-5-3-4-6-14(12)20-15/h3-8,15H,9H2,1-2H3. The maximum atomic E-state index is 14.1. The molecule has 0 saturated carbocycles. The molecule has 1 atom stereocenters. The van der Waals surface area contributed by atoms with Crippen molar-refractivity contribution in [1.29, 1.82) is 0 Å². The number of fused-ring (bicyclic) bond motifs is 1. The first-order chi connectivity index (χ1) is 9.56. The molecule has 0 saturated heterocycles. The topological polar surface area (TPSA) is 17.1 Å². The molecule has 1 heterocycles. The number of thioether (sulfide) groups is 1. The van der Waals surface area contributed by atoms with Crippen molar-refractivity contribution in [3.05, 3.63) is 64.5 Å². The Morgan fingerprint density at radius 1 is 1.25 bits per heavy atom. The molecule has 0 aromatic heterocycles. The van der Waals surface area contributed by atoms with Crippen LogP contribution < -0.4 is 0 Å². The molecular formula is C17H15FOS. The van der Waals surface area contributed by atoms with E-state index in [2.05, 4.69) is 0 Å². The van der Waals surface area contributed by atoms with E-state index in [0.29, 0.717) is 6.42 Å². The zero-order valence-corrected chi connectivity index (χ0v) is 12.3. The number of hydrogen-bond acceptors (Lipinski definition) is 2. The molecule has 0 spiro atoms. The van der Waals surface area contributed by atoms with Gasteiger partial charge in [-0.05, 0) is 49.1 Å². The Labute approximate surface area is 122 Å². The van der Waals surface area contributed by atoms with Crippen molar-refractivity contribution in [2.45, 2.75) is 30.4 Å². The van der Waals surface area contributed by atoms with Gasteiger partial charge in [-0.3, -0.25) is 4.79 Å². The lowest BCUT2D eigenvalue weighted by atomic mass is 9.97. The smallest absolute Gasteiger partial charge is 0.179 e. The van der Waals surface area contributed by atoms with E-state index >= 15 is 0 Å². The van der Waals surface area contributed by atoms with Crippen LogP contribution in [0.15, 0.2) is 41.3 Å². The summed E-state index contributed by atoms with van der Waals surface area (Å²) in [5.74, 6) is -0.495. The van der Waals surface area contributed by atoms with Crippen LogP contribution in [0.3, 0.4) is 0 Å². The monoisotopic (exact) mass is 286 g/mol. The highest BCUT2D eigenvalue weighted by atomic mass is 32.2. The number of Topliss-reactive ketones (excluding diaryl/α,β-unsaturated/α-hetero) is 1. The van der Waals surface area contributed by atoms with Crippen LogP contribution in [0.1, 0.15) is 27.0 Å². The number of hydrogen-bond donors (Lipinski definition) is 0. The second-order valence-electron chi connectivity index (χ2n) is 5.22. The van der Waals surface area contributed by atoms with Gasteiger partial charge in [0.15, 0.2) is 5.78 Å². The number of carbonyl (C=O) groups is 1. The van der Waals surface area contributed by atoms with Crippen molar-refractivity contribution >= 4 is 17.5 Å². The molecule has 3 rings (SSSR count). The van der Waals surface area contributed by atoms with Gasteiger partial charge >= 0.3 is 0 Å². The quantitative estimate of drug-likeness (QED) is 0.764. The van der Waals surface area contributed by atoms with E-state index in [1.807, 2.05) is 37.3 Å². The Morgan fingerprint density at radius 2 is 2.00 bits per heavy atom. The number of carbonyl (C=O) groups excluding carboxylic acids is 1. The first-order valence-corrected chi connectivity index (χ1v) is 7.50. The van der Waals surface area contributed by atoms with Gasteiger partial charge in [0, 0.05) is 4.90 Å². The lowest BCUT2D eigenvalue weighted by Gasteiger charge is -2.12. The van der Waals surface area contributed by atoms with Crippen molar-refractivity contribution in [3.63, 3.8) is 0 Å². The summed E-state index contributed by atoms with van der Waals surface area (Å²) in [7, 11) is 0. The van der Waals surface area contributed by atoms with Gasteiger partial charge in [0.1, 0.15) is 5.82 Å². The van der Waals surface area contributed by atoms with Crippen LogP contribution >= 0.6 is 11.8 Å². The normalized spacial score (nSPS) is 17.1. The molecule has 1 unspecified atom stereocenters. The third-order valence-electron chi connectivity index (χ3n) is 3.62. The predicted molar refractivity (Wildman–Crippen MR) is 80.0 cm³/mol. The lowest BCUT2D eigenvalue weighted by Crippen LogP contribution is -2.19. The summed E-state index contributed by atoms with van der Waals surface area (Å²) in [6.07, 6.45) is 0.687. The van der Waals surface area contributed by atoms with Gasteiger partial charge in [-0.25, -0.2) is 4.39 Å². The SMILES string of the molecule is Cc1cc(C)c(C(=O)C2Cc3ccccc3S2)c(F)c1. The van der Waals surface area contributed by atoms with Crippen molar-refractivity contribution in [3.8, 4) is 0 Å². The maximum absolute atomic E-state index is 14.1. The van der Waals surface area contributed by atoms with Gasteiger partial charge in [-0.1, -0.05) is 24.3 Å². The van der Waals surface area contributed by atoms with Crippen molar-refractivity contribution in [2.75, 3.05) is 0 Å². The highest BCUT2D eigenvalue weighted by Crippen LogP contribution is 2.38. The molecule has 102 valence electrons. The maximum Gasteiger partial charge on any atom is 0.179 e. The molecule has 0 radical (unpaired) electrons. The average molecular weight is 286 g/mol. The highest BCUT2D eigenvalue weighted by Gasteiger charge is 2.31. The van der Waals surface area contributed by atoms with Crippen LogP contribution in [-0.4, -0.2) is 11.0 Å². The van der Waals surface area contributed by atoms with Gasteiger partial charge in [0.2, 0.25) is 0 Å². The highest BCUT2D eigenvalue weighted by molar-refractivity contribution is 8.01. The molecule has 0 amide bonds. The van der Waals surface area contributed by atoms with Crippen LogP contribution in [-0.2, 0) is 6.42 Å². The summed E-state index contributed by atoms with van der Waals surface area (Å²) < 4.78 is 14.1. The number of ketones is 1. The van der Waals surface area contributed by atoms with E-state index in [1.165, 1.54) is 11.6 Å². The summed E-state index contributed by atoms with van der Waals surface area (Å²) in [5, 5.41) is -0.205. The molecule has 0 N–H and O–H groups in total. The van der Waals surface area contributed by atoms with Crippen molar-refractivity contribution in [2.24, 2.45) is 0 Å². The second-order valence-corrected chi connectivity index (χ2v) is 6.47. The van der Waals surface area contributed by atoms with Crippen LogP contribution in [0.5, 0.6) is 0 Å². The first-order valence-electron chi connectivity index (χ1n) is 6.62. The summed E-state index contributed by atoms with van der Waals surface area (Å²) in [4.78, 5) is 13.7. The fourth-order valence-corrected chi connectivity index (χ4v) is 3.97. The first kappa shape index (κ1) is 13.4. The average Bonchev–Trinajstić information content (AvgIpc) is 2.81. The number of aryl methyl sites for hydroxylation is 2. The largest absolute Gasteiger partial charge is 0.293 e. The zero-order valence-electron chi connectivity index (χ0n) is 11.4. The molecule has 3 heteroatoms. The summed E-state index contributed by atoms with van der Waals surface area (Å²) in [5.41, 5.74) is 3.00. The Balaban J connectivity index is 1.93. The van der Waals surface area contributed by atoms with Crippen LogP contribution in [0.25, 0.3) is 0 Å². The van der Waals surface area contributed by atoms with E-state index in [1.54, 1.807) is 18.7 Å². The summed E-state index contributed by atoms with van der Waals surface area (Å²) in [6.45, 7) is 3.64. The molecule has 0 aliphatic carbocycles. The fourth-order valence-electron chi connectivity index (χ4n) is 2.72. The van der Waals surface area contributed by atoms with E-state index < -0.39 is 5.82 Å². The fraction of sp³-hybridized carbons (Fsp3) is 0.235. The molecule has 2 aromatic rings. The molecule has 1 aliphatic heterocycles. The van der Waals surface area contributed by atoms with Gasteiger partial charge in [0.25, 0.3) is 0 Å². The Morgan fingerprint density at radius 3 is 2.70 bits per heavy atom. The number of benzene rings is 2. The van der Waals surface area contributed by atoms with E-state index in [9.17, 15) is 9.18 Å². The molecule has 20 heavy (non-hydrogen) atoms. The van der Waals surface area contributed by atoms with Crippen LogP contribution in [0.4, 0.5) is 4.39 Å². The zero-order chi connectivity index (χ0) is 14.3. The van der Waals surface area contributed by atoms with Crippen molar-refractivity contribution in [1.82, 2.24) is 0 Å². The van der Waals surface area contributed by atoms with E-state index in [0.717, 1.165) is 16.0 Å². The Kier molecular flexibility index (Phi) is 3.38. The molecular weight excluding hydrogens is 271 g/mol. The third kappa shape index (κ3) is 2.27. The minimum atomic E-state index is -0.399. The third-order valence-corrected chi connectivity index (χ3v) is 4.94. The van der Waals surface area contributed by atoms with Gasteiger partial charge in [-0.2, -0.15) is 0 Å². The van der Waals surface area contributed by atoms with Crippen LogP contribution in [0, 0.1) is 19.7 Å². The van der Waals surface area contributed by atoms with Gasteiger partial charge in [0.05, 0.1) is 10.8 Å².